The van der Waals surface area contributed by atoms with Crippen LogP contribution in [0.2, 0.25) is 0 Å². The number of hydrogen-bond acceptors (Lipinski definition) is 6. The smallest absolute Gasteiger partial charge is 0.348 e. The van der Waals surface area contributed by atoms with Gasteiger partial charge in [-0.2, -0.15) is 4.31 Å². The van der Waals surface area contributed by atoms with Gasteiger partial charge in [0.15, 0.2) is 0 Å². The number of carboxylic acid groups (broad SMARTS) is 1. The van der Waals surface area contributed by atoms with Crippen molar-refractivity contribution in [2.24, 2.45) is 0 Å². The maximum absolute atomic E-state index is 12.4. The van der Waals surface area contributed by atoms with E-state index < -0.39 is 28.0 Å². The Kier molecular flexibility index (Phi) is 4.11. The quantitative estimate of drug-likeness (QED) is 0.823. The Labute approximate surface area is 119 Å². The van der Waals surface area contributed by atoms with Crippen LogP contribution in [0.25, 0.3) is 0 Å². The third kappa shape index (κ3) is 2.56. The van der Waals surface area contributed by atoms with Crippen LogP contribution in [-0.2, 0) is 19.6 Å². The SMILES string of the molecule is COC(=O)c1cc(S(=O)(=O)N2CCC[C@H]2C(=O)O)cs1. The lowest BCUT2D eigenvalue weighted by Crippen LogP contribution is -2.40. The Morgan fingerprint density at radius 1 is 1.50 bits per heavy atom. The van der Waals surface area contributed by atoms with E-state index in [1.807, 2.05) is 0 Å². The van der Waals surface area contributed by atoms with Crippen LogP contribution in [0.15, 0.2) is 16.3 Å². The van der Waals surface area contributed by atoms with E-state index in [9.17, 15) is 18.0 Å². The van der Waals surface area contributed by atoms with E-state index in [-0.39, 0.29) is 16.3 Å². The Morgan fingerprint density at radius 2 is 2.20 bits per heavy atom. The number of hydrogen-bond donors (Lipinski definition) is 1. The molecule has 0 amide bonds. The van der Waals surface area contributed by atoms with Gasteiger partial charge in [-0.15, -0.1) is 11.3 Å². The molecule has 0 radical (unpaired) electrons. The molecular formula is C11H13NO6S2. The number of thiophene rings is 1. The molecule has 0 aromatic carbocycles. The zero-order valence-corrected chi connectivity index (χ0v) is 12.2. The fraction of sp³-hybridized carbons (Fsp3) is 0.455. The number of ether oxygens (including phenoxy) is 1. The van der Waals surface area contributed by atoms with Gasteiger partial charge < -0.3 is 9.84 Å². The van der Waals surface area contributed by atoms with E-state index in [1.54, 1.807) is 0 Å². The molecular weight excluding hydrogens is 306 g/mol. The molecule has 1 aliphatic heterocycles. The summed E-state index contributed by atoms with van der Waals surface area (Å²) in [5.41, 5.74) is 0. The van der Waals surface area contributed by atoms with Gasteiger partial charge in [0.1, 0.15) is 10.9 Å². The van der Waals surface area contributed by atoms with Crippen molar-refractivity contribution in [1.29, 1.82) is 0 Å². The number of sulfonamides is 1. The van der Waals surface area contributed by atoms with Crippen molar-refractivity contribution < 1.29 is 27.9 Å². The number of methoxy groups -OCH3 is 1. The molecule has 1 aliphatic rings. The summed E-state index contributed by atoms with van der Waals surface area (Å²) >= 11 is 0.950. The third-order valence-electron chi connectivity index (χ3n) is 3.06. The van der Waals surface area contributed by atoms with Crippen LogP contribution in [-0.4, -0.2) is 49.5 Å². The number of carboxylic acids is 1. The minimum atomic E-state index is -3.90. The van der Waals surface area contributed by atoms with Crippen LogP contribution in [0, 0.1) is 0 Å². The summed E-state index contributed by atoms with van der Waals surface area (Å²) in [6.45, 7) is 0.169. The monoisotopic (exact) mass is 319 g/mol. The fourth-order valence-corrected chi connectivity index (χ4v) is 4.90. The topological polar surface area (TPSA) is 101 Å². The highest BCUT2D eigenvalue weighted by atomic mass is 32.2. The Morgan fingerprint density at radius 3 is 2.80 bits per heavy atom. The lowest BCUT2D eigenvalue weighted by molar-refractivity contribution is -0.140. The minimum Gasteiger partial charge on any atom is -0.480 e. The van der Waals surface area contributed by atoms with Crippen molar-refractivity contribution in [2.45, 2.75) is 23.8 Å². The molecule has 1 saturated heterocycles. The van der Waals surface area contributed by atoms with Crippen LogP contribution in [0.5, 0.6) is 0 Å². The molecule has 1 aromatic heterocycles. The highest BCUT2D eigenvalue weighted by molar-refractivity contribution is 7.89. The maximum Gasteiger partial charge on any atom is 0.348 e. The summed E-state index contributed by atoms with van der Waals surface area (Å²) in [5, 5.41) is 10.4. The highest BCUT2D eigenvalue weighted by Crippen LogP contribution is 2.29. The Bertz CT molecular complexity index is 635. The van der Waals surface area contributed by atoms with Crippen LogP contribution >= 0.6 is 11.3 Å². The molecule has 2 heterocycles. The van der Waals surface area contributed by atoms with Gasteiger partial charge in [-0.3, -0.25) is 4.79 Å². The summed E-state index contributed by atoms with van der Waals surface area (Å²) in [7, 11) is -2.69. The van der Waals surface area contributed by atoms with Crippen molar-refractivity contribution >= 4 is 33.3 Å². The van der Waals surface area contributed by atoms with Gasteiger partial charge in [-0.05, 0) is 18.9 Å². The number of aliphatic carboxylic acids is 1. The summed E-state index contributed by atoms with van der Waals surface area (Å²) in [6.07, 6.45) is 0.798. The van der Waals surface area contributed by atoms with Gasteiger partial charge in [0, 0.05) is 11.9 Å². The van der Waals surface area contributed by atoms with Gasteiger partial charge >= 0.3 is 11.9 Å². The number of rotatable bonds is 4. The Balaban J connectivity index is 2.33. The summed E-state index contributed by atoms with van der Waals surface area (Å²) in [6, 6.07) is 0.171. The van der Waals surface area contributed by atoms with Crippen molar-refractivity contribution in [3.8, 4) is 0 Å². The fourth-order valence-electron chi connectivity index (χ4n) is 2.07. The van der Waals surface area contributed by atoms with Gasteiger partial charge in [-0.25, -0.2) is 13.2 Å². The van der Waals surface area contributed by atoms with Crippen LogP contribution in [0.4, 0.5) is 0 Å². The summed E-state index contributed by atoms with van der Waals surface area (Å²) in [4.78, 5) is 22.5. The molecule has 1 N–H and O–H groups in total. The molecule has 0 aliphatic carbocycles. The predicted molar refractivity (Wildman–Crippen MR) is 70.2 cm³/mol. The molecule has 1 fully saturated rings. The standard InChI is InChI=1S/C11H13NO6S2/c1-18-11(15)9-5-7(6-19-9)20(16,17)12-4-2-3-8(12)10(13)14/h5-6,8H,2-4H2,1H3,(H,13,14)/t8-/m0/s1. The molecule has 110 valence electrons. The van der Waals surface area contributed by atoms with E-state index in [0.29, 0.717) is 12.8 Å². The lowest BCUT2D eigenvalue weighted by Gasteiger charge is -2.19. The first-order valence-electron chi connectivity index (χ1n) is 5.79. The van der Waals surface area contributed by atoms with Crippen molar-refractivity contribution in [1.82, 2.24) is 4.31 Å². The first-order chi connectivity index (χ1) is 9.37. The van der Waals surface area contributed by atoms with Gasteiger partial charge in [0.05, 0.1) is 12.0 Å². The third-order valence-corrected chi connectivity index (χ3v) is 6.00. The zero-order valence-electron chi connectivity index (χ0n) is 10.6. The first kappa shape index (κ1) is 14.9. The maximum atomic E-state index is 12.4. The first-order valence-corrected chi connectivity index (χ1v) is 8.11. The molecule has 1 atom stereocenters. The normalized spacial score (nSPS) is 19.9. The molecule has 0 saturated carbocycles. The minimum absolute atomic E-state index is 0.0731. The second-order valence-electron chi connectivity index (χ2n) is 4.25. The number of carbonyl (C=O) groups is 2. The molecule has 0 unspecified atom stereocenters. The van der Waals surface area contributed by atoms with Gasteiger partial charge in [0.25, 0.3) is 0 Å². The van der Waals surface area contributed by atoms with E-state index in [1.165, 1.54) is 18.6 Å². The van der Waals surface area contributed by atoms with Crippen molar-refractivity contribution in [3.05, 3.63) is 16.3 Å². The second-order valence-corrected chi connectivity index (χ2v) is 7.05. The molecule has 2 rings (SSSR count). The lowest BCUT2D eigenvalue weighted by atomic mass is 10.2. The zero-order chi connectivity index (χ0) is 14.9. The van der Waals surface area contributed by atoms with E-state index in [2.05, 4.69) is 4.74 Å². The van der Waals surface area contributed by atoms with E-state index in [4.69, 9.17) is 5.11 Å². The highest BCUT2D eigenvalue weighted by Gasteiger charge is 2.40. The molecule has 9 heteroatoms. The van der Waals surface area contributed by atoms with E-state index >= 15 is 0 Å². The van der Waals surface area contributed by atoms with Crippen LogP contribution < -0.4 is 0 Å². The average molecular weight is 319 g/mol. The van der Waals surface area contributed by atoms with E-state index in [0.717, 1.165) is 15.6 Å². The molecule has 7 nitrogen and oxygen atoms in total. The second kappa shape index (κ2) is 5.51. The largest absolute Gasteiger partial charge is 0.480 e. The average Bonchev–Trinajstić information content (AvgIpc) is 3.06. The van der Waals surface area contributed by atoms with Gasteiger partial charge in [0.2, 0.25) is 10.0 Å². The number of carbonyl (C=O) groups excluding carboxylic acids is 1. The summed E-state index contributed by atoms with van der Waals surface area (Å²) in [5.74, 6) is -1.78. The van der Waals surface area contributed by atoms with Gasteiger partial charge in [-0.1, -0.05) is 0 Å². The number of nitrogens with zero attached hydrogens (tertiary/aromatic N) is 1. The van der Waals surface area contributed by atoms with Crippen molar-refractivity contribution in [3.63, 3.8) is 0 Å². The molecule has 0 spiro atoms. The van der Waals surface area contributed by atoms with Crippen molar-refractivity contribution in [2.75, 3.05) is 13.7 Å². The molecule has 1 aromatic rings. The predicted octanol–water partition coefficient (Wildman–Crippen LogP) is 0.772. The Hall–Kier alpha value is -1.45. The molecule has 0 bridgehead atoms. The molecule has 20 heavy (non-hydrogen) atoms. The summed E-state index contributed by atoms with van der Waals surface area (Å²) < 4.78 is 30.3. The number of esters is 1. The van der Waals surface area contributed by atoms with Crippen LogP contribution in [0.3, 0.4) is 0 Å². The van der Waals surface area contributed by atoms with Crippen LogP contribution in [0.1, 0.15) is 22.5 Å².